The molecule has 3 aromatic rings. The highest BCUT2D eigenvalue weighted by Gasteiger charge is 2.12. The number of halogens is 1. The zero-order valence-corrected chi connectivity index (χ0v) is 19.1. The van der Waals surface area contributed by atoms with E-state index in [1.54, 1.807) is 48.5 Å². The number of unbranched alkanes of at least 4 members (excludes halogenated alkanes) is 1. The summed E-state index contributed by atoms with van der Waals surface area (Å²) in [5, 5.41) is 14.4. The van der Waals surface area contributed by atoms with Gasteiger partial charge in [-0.15, -0.1) is 10.2 Å². The lowest BCUT2D eigenvalue weighted by Gasteiger charge is -2.06. The van der Waals surface area contributed by atoms with Crippen LogP contribution in [0, 0.1) is 0 Å². The van der Waals surface area contributed by atoms with Gasteiger partial charge in [0.25, 0.3) is 5.91 Å². The average molecular weight is 477 g/mol. The minimum Gasteiger partial charge on any atom is -0.494 e. The van der Waals surface area contributed by atoms with Crippen LogP contribution in [-0.2, 0) is 4.79 Å². The molecule has 162 valence electrons. The number of hydrogen-bond donors (Lipinski definition) is 2. The molecule has 31 heavy (non-hydrogen) atoms. The Balaban J connectivity index is 1.46. The number of ether oxygens (including phenoxy) is 1. The number of thioether (sulfide) groups is 1. The Morgan fingerprint density at radius 1 is 1.13 bits per heavy atom. The number of benzene rings is 2. The summed E-state index contributed by atoms with van der Waals surface area (Å²) in [6, 6.07) is 13.9. The molecule has 2 N–H and O–H groups in total. The van der Waals surface area contributed by atoms with E-state index >= 15 is 0 Å². The van der Waals surface area contributed by atoms with Gasteiger partial charge in [-0.3, -0.25) is 14.9 Å². The van der Waals surface area contributed by atoms with Crippen molar-refractivity contribution in [2.75, 3.05) is 23.0 Å². The molecule has 0 saturated carbocycles. The summed E-state index contributed by atoms with van der Waals surface area (Å²) in [7, 11) is 0. The minimum absolute atomic E-state index is 0.161. The summed E-state index contributed by atoms with van der Waals surface area (Å²) in [4.78, 5) is 24.5. The number of carbonyl (C=O) groups excluding carboxylic acids is 2. The number of rotatable bonds is 10. The molecule has 0 bridgehead atoms. The van der Waals surface area contributed by atoms with Crippen LogP contribution in [0.5, 0.6) is 5.75 Å². The Kier molecular flexibility index (Phi) is 8.69. The predicted octanol–water partition coefficient (Wildman–Crippen LogP) is 5.35. The van der Waals surface area contributed by atoms with Crippen molar-refractivity contribution < 1.29 is 14.3 Å². The lowest BCUT2D eigenvalue weighted by molar-refractivity contribution is -0.113. The number of nitrogens with zero attached hydrogens (tertiary/aromatic N) is 2. The van der Waals surface area contributed by atoms with Gasteiger partial charge in [-0.05, 0) is 48.9 Å². The molecule has 0 saturated heterocycles. The van der Waals surface area contributed by atoms with E-state index in [2.05, 4.69) is 27.8 Å². The molecule has 0 atom stereocenters. The molecular formula is C21H21ClN4O3S2. The van der Waals surface area contributed by atoms with Gasteiger partial charge in [-0.2, -0.15) is 0 Å². The van der Waals surface area contributed by atoms with Crippen LogP contribution in [0.15, 0.2) is 52.9 Å². The standard InChI is InChI=1S/C21H21ClN4O3S2/c1-2-3-11-29-17-9-7-14(8-10-17)19(28)24-20-25-26-21(31-20)30-13-18(27)23-16-6-4-5-15(22)12-16/h4-10,12H,2-3,11,13H2,1H3,(H,23,27)(H,24,25,28). The maximum atomic E-state index is 12.4. The highest BCUT2D eigenvalue weighted by atomic mass is 35.5. The molecule has 0 fully saturated rings. The van der Waals surface area contributed by atoms with Crippen LogP contribution >= 0.6 is 34.7 Å². The first-order valence-corrected chi connectivity index (χ1v) is 11.8. The third kappa shape index (κ3) is 7.54. The fourth-order valence-electron chi connectivity index (χ4n) is 2.42. The summed E-state index contributed by atoms with van der Waals surface area (Å²) < 4.78 is 6.18. The highest BCUT2D eigenvalue weighted by Crippen LogP contribution is 2.26. The van der Waals surface area contributed by atoms with Gasteiger partial charge in [-0.1, -0.05) is 54.1 Å². The van der Waals surface area contributed by atoms with Gasteiger partial charge < -0.3 is 10.1 Å². The van der Waals surface area contributed by atoms with E-state index in [1.807, 2.05) is 0 Å². The summed E-state index contributed by atoms with van der Waals surface area (Å²) in [5.74, 6) is 0.422. The van der Waals surface area contributed by atoms with E-state index < -0.39 is 0 Å². The van der Waals surface area contributed by atoms with Crippen LogP contribution in [0.4, 0.5) is 10.8 Å². The van der Waals surface area contributed by atoms with Gasteiger partial charge in [-0.25, -0.2) is 0 Å². The number of aromatic nitrogens is 2. The summed E-state index contributed by atoms with van der Waals surface area (Å²) in [6.07, 6.45) is 2.05. The van der Waals surface area contributed by atoms with Crippen LogP contribution in [0.3, 0.4) is 0 Å². The molecule has 2 amide bonds. The topological polar surface area (TPSA) is 93.2 Å². The maximum absolute atomic E-state index is 12.4. The Hall–Kier alpha value is -2.62. The predicted molar refractivity (Wildman–Crippen MR) is 126 cm³/mol. The third-order valence-corrected chi connectivity index (χ3v) is 6.15. The largest absolute Gasteiger partial charge is 0.494 e. The normalized spacial score (nSPS) is 10.5. The van der Waals surface area contributed by atoms with Gasteiger partial charge in [0.1, 0.15) is 5.75 Å². The molecule has 0 spiro atoms. The number of amides is 2. The fourth-order valence-corrected chi connectivity index (χ4v) is 4.15. The zero-order chi connectivity index (χ0) is 22.1. The number of nitrogens with one attached hydrogen (secondary N) is 2. The molecule has 1 aromatic heterocycles. The Bertz CT molecular complexity index is 1030. The van der Waals surface area contributed by atoms with Crippen molar-refractivity contribution in [3.63, 3.8) is 0 Å². The van der Waals surface area contributed by atoms with Crippen LogP contribution in [0.2, 0.25) is 5.02 Å². The molecule has 10 heteroatoms. The van der Waals surface area contributed by atoms with Gasteiger partial charge in [0, 0.05) is 16.3 Å². The second-order valence-electron chi connectivity index (χ2n) is 6.40. The molecule has 3 rings (SSSR count). The molecular weight excluding hydrogens is 456 g/mol. The monoisotopic (exact) mass is 476 g/mol. The minimum atomic E-state index is -0.286. The molecule has 0 aliphatic rings. The molecule has 0 unspecified atom stereocenters. The van der Waals surface area contributed by atoms with Crippen molar-refractivity contribution in [2.45, 2.75) is 24.1 Å². The lowest BCUT2D eigenvalue weighted by atomic mass is 10.2. The van der Waals surface area contributed by atoms with Crippen molar-refractivity contribution >= 4 is 57.3 Å². The van der Waals surface area contributed by atoms with E-state index in [9.17, 15) is 9.59 Å². The van der Waals surface area contributed by atoms with Crippen LogP contribution in [-0.4, -0.2) is 34.4 Å². The van der Waals surface area contributed by atoms with Crippen LogP contribution in [0.25, 0.3) is 0 Å². The first-order valence-electron chi connectivity index (χ1n) is 9.59. The molecule has 2 aromatic carbocycles. The first kappa shape index (κ1) is 23.1. The zero-order valence-electron chi connectivity index (χ0n) is 16.8. The van der Waals surface area contributed by atoms with Gasteiger partial charge in [0.2, 0.25) is 11.0 Å². The van der Waals surface area contributed by atoms with Crippen molar-refractivity contribution in [1.29, 1.82) is 0 Å². The smallest absolute Gasteiger partial charge is 0.257 e. The maximum Gasteiger partial charge on any atom is 0.257 e. The van der Waals surface area contributed by atoms with Gasteiger partial charge >= 0.3 is 0 Å². The SMILES string of the molecule is CCCCOc1ccc(C(=O)Nc2nnc(SCC(=O)Nc3cccc(Cl)c3)s2)cc1. The van der Waals surface area contributed by atoms with E-state index in [1.165, 1.54) is 23.1 Å². The van der Waals surface area contributed by atoms with Crippen molar-refractivity contribution in [2.24, 2.45) is 0 Å². The number of carbonyl (C=O) groups is 2. The van der Waals surface area contributed by atoms with E-state index in [4.69, 9.17) is 16.3 Å². The number of anilines is 2. The highest BCUT2D eigenvalue weighted by molar-refractivity contribution is 8.01. The Labute approximate surface area is 193 Å². The summed E-state index contributed by atoms with van der Waals surface area (Å²) in [6.45, 7) is 2.76. The second kappa shape index (κ2) is 11.7. The van der Waals surface area contributed by atoms with Crippen LogP contribution in [0.1, 0.15) is 30.1 Å². The van der Waals surface area contributed by atoms with Crippen molar-refractivity contribution in [3.8, 4) is 5.75 Å². The molecule has 1 heterocycles. The quantitative estimate of drug-likeness (QED) is 0.232. The van der Waals surface area contributed by atoms with E-state index in [-0.39, 0.29) is 17.6 Å². The molecule has 0 aliphatic carbocycles. The number of hydrogen-bond acceptors (Lipinski definition) is 7. The second-order valence-corrected chi connectivity index (χ2v) is 9.04. The summed E-state index contributed by atoms with van der Waals surface area (Å²) >= 11 is 8.35. The average Bonchev–Trinajstić information content (AvgIpc) is 3.20. The van der Waals surface area contributed by atoms with Gasteiger partial charge in [0.15, 0.2) is 4.34 Å². The lowest BCUT2D eigenvalue weighted by Crippen LogP contribution is -2.13. The molecule has 7 nitrogen and oxygen atoms in total. The summed E-state index contributed by atoms with van der Waals surface area (Å²) in [5.41, 5.74) is 1.12. The van der Waals surface area contributed by atoms with Crippen molar-refractivity contribution in [3.05, 3.63) is 59.1 Å². The van der Waals surface area contributed by atoms with E-state index in [0.717, 1.165) is 18.6 Å². The third-order valence-electron chi connectivity index (χ3n) is 3.95. The van der Waals surface area contributed by atoms with Crippen molar-refractivity contribution in [1.82, 2.24) is 10.2 Å². The Morgan fingerprint density at radius 2 is 1.94 bits per heavy atom. The van der Waals surface area contributed by atoms with E-state index in [0.29, 0.717) is 32.4 Å². The molecule has 0 aliphatic heterocycles. The fraction of sp³-hybridized carbons (Fsp3) is 0.238. The first-order chi connectivity index (χ1) is 15.0. The molecule has 0 radical (unpaired) electrons. The Morgan fingerprint density at radius 3 is 2.68 bits per heavy atom. The van der Waals surface area contributed by atoms with Crippen LogP contribution < -0.4 is 15.4 Å². The van der Waals surface area contributed by atoms with Gasteiger partial charge in [0.05, 0.1) is 12.4 Å².